The van der Waals surface area contributed by atoms with Crippen molar-refractivity contribution in [1.82, 2.24) is 0 Å². The Bertz CT molecular complexity index is 836. The van der Waals surface area contributed by atoms with E-state index in [1.54, 1.807) is 23.9 Å². The summed E-state index contributed by atoms with van der Waals surface area (Å²) < 4.78 is 22.8. The van der Waals surface area contributed by atoms with Gasteiger partial charge in [-0.3, -0.25) is 0 Å². The number of primary sulfonamides is 1. The molecule has 1 aliphatic carbocycles. The van der Waals surface area contributed by atoms with Crippen molar-refractivity contribution in [2.24, 2.45) is 5.14 Å². The molecular weight excluding hydrogens is 326 g/mol. The van der Waals surface area contributed by atoms with Gasteiger partial charge in [0.15, 0.2) is 0 Å². The van der Waals surface area contributed by atoms with Crippen LogP contribution in [0.3, 0.4) is 0 Å². The van der Waals surface area contributed by atoms with Gasteiger partial charge >= 0.3 is 0 Å². The molecule has 2 N–H and O–H groups in total. The summed E-state index contributed by atoms with van der Waals surface area (Å²) in [5.74, 6) is 0. The molecule has 120 valence electrons. The molecule has 0 radical (unpaired) electrons. The molecule has 0 fully saturated rings. The Balaban J connectivity index is 1.98. The third-order valence-corrected chi connectivity index (χ3v) is 5.86. The van der Waals surface area contributed by atoms with E-state index in [1.807, 2.05) is 12.1 Å². The fourth-order valence-corrected chi connectivity index (χ4v) is 3.94. The van der Waals surface area contributed by atoms with Crippen molar-refractivity contribution in [2.45, 2.75) is 29.1 Å². The van der Waals surface area contributed by atoms with Gasteiger partial charge in [0.1, 0.15) is 0 Å². The van der Waals surface area contributed by atoms with Crippen LogP contribution in [0.25, 0.3) is 11.1 Å². The molecule has 0 amide bonds. The van der Waals surface area contributed by atoms with E-state index in [0.29, 0.717) is 0 Å². The van der Waals surface area contributed by atoms with E-state index in [1.165, 1.54) is 21.6 Å². The van der Waals surface area contributed by atoms with Gasteiger partial charge in [-0.15, -0.1) is 11.8 Å². The molecule has 3 rings (SSSR count). The van der Waals surface area contributed by atoms with Crippen molar-refractivity contribution in [2.75, 3.05) is 6.26 Å². The highest BCUT2D eigenvalue weighted by molar-refractivity contribution is 7.98. The molecule has 0 heterocycles. The van der Waals surface area contributed by atoms with Crippen LogP contribution in [-0.2, 0) is 10.0 Å². The molecule has 0 spiro atoms. The van der Waals surface area contributed by atoms with Gasteiger partial charge < -0.3 is 0 Å². The Morgan fingerprint density at radius 2 is 1.35 bits per heavy atom. The van der Waals surface area contributed by atoms with Crippen molar-refractivity contribution < 1.29 is 8.42 Å². The zero-order valence-electron chi connectivity index (χ0n) is 13.0. The molecule has 0 saturated heterocycles. The molecule has 5 heteroatoms. The number of benzene rings is 2. The second kappa shape index (κ2) is 6.51. The maximum absolute atomic E-state index is 11.4. The summed E-state index contributed by atoms with van der Waals surface area (Å²) in [6.07, 6.45) is 5.29. The van der Waals surface area contributed by atoms with Crippen LogP contribution in [0.4, 0.5) is 0 Å². The molecular formula is C18H19NO2S2. The van der Waals surface area contributed by atoms with Gasteiger partial charge in [0.2, 0.25) is 10.0 Å². The summed E-state index contributed by atoms with van der Waals surface area (Å²) in [6.45, 7) is 0. The van der Waals surface area contributed by atoms with Crippen LogP contribution < -0.4 is 5.14 Å². The first-order valence-corrected chi connectivity index (χ1v) is 10.3. The lowest BCUT2D eigenvalue weighted by Gasteiger charge is -2.10. The smallest absolute Gasteiger partial charge is 0.225 e. The maximum Gasteiger partial charge on any atom is 0.238 e. The van der Waals surface area contributed by atoms with Gasteiger partial charge in [0.05, 0.1) is 4.90 Å². The quantitative estimate of drug-likeness (QED) is 0.847. The Morgan fingerprint density at radius 1 is 0.870 bits per heavy atom. The Hall–Kier alpha value is -1.56. The number of nitrogens with two attached hydrogens (primary N) is 1. The average Bonchev–Trinajstić information content (AvgIpc) is 3.04. The van der Waals surface area contributed by atoms with Crippen LogP contribution in [0.2, 0.25) is 0 Å². The highest BCUT2D eigenvalue weighted by Crippen LogP contribution is 2.40. The second-order valence-corrected chi connectivity index (χ2v) is 8.05. The van der Waals surface area contributed by atoms with Crippen molar-refractivity contribution in [3.63, 3.8) is 0 Å². The summed E-state index contributed by atoms with van der Waals surface area (Å²) in [5.41, 5.74) is 5.01. The van der Waals surface area contributed by atoms with Crippen molar-refractivity contribution in [3.8, 4) is 0 Å². The van der Waals surface area contributed by atoms with Gasteiger partial charge in [-0.1, -0.05) is 24.3 Å². The predicted molar refractivity (Wildman–Crippen MR) is 96.7 cm³/mol. The number of hydrogen-bond acceptors (Lipinski definition) is 3. The summed E-state index contributed by atoms with van der Waals surface area (Å²) in [4.78, 5) is 1.41. The Labute approximate surface area is 141 Å². The normalized spacial score (nSPS) is 15.2. The molecule has 0 bridgehead atoms. The van der Waals surface area contributed by atoms with Crippen LogP contribution >= 0.6 is 11.8 Å². The third kappa shape index (κ3) is 3.52. The first-order chi connectivity index (χ1) is 11.0. The highest BCUT2D eigenvalue weighted by atomic mass is 32.2. The molecule has 2 aromatic rings. The number of hydrogen-bond donors (Lipinski definition) is 1. The molecule has 0 unspecified atom stereocenters. The van der Waals surface area contributed by atoms with Crippen molar-refractivity contribution >= 4 is 32.9 Å². The largest absolute Gasteiger partial charge is 0.238 e. The van der Waals surface area contributed by atoms with E-state index in [4.69, 9.17) is 5.14 Å². The predicted octanol–water partition coefficient (Wildman–Crippen LogP) is 4.15. The van der Waals surface area contributed by atoms with E-state index in [0.717, 1.165) is 24.8 Å². The van der Waals surface area contributed by atoms with Crippen LogP contribution in [0.15, 0.2) is 58.3 Å². The fourth-order valence-electron chi connectivity index (χ4n) is 3.02. The third-order valence-electron chi connectivity index (χ3n) is 4.19. The van der Waals surface area contributed by atoms with Crippen LogP contribution in [0.5, 0.6) is 0 Å². The van der Waals surface area contributed by atoms with E-state index in [-0.39, 0.29) is 4.90 Å². The minimum atomic E-state index is -3.63. The standard InChI is InChI=1S/C18H19NO2S2/c1-22-15-9-5-13(6-10-15)17-3-2-4-18(17)14-7-11-16(12-8-14)23(19,20)21/h5-12H,2-4H2,1H3,(H2,19,20,21). The number of thioether (sulfide) groups is 1. The number of allylic oxidation sites excluding steroid dienone is 2. The first kappa shape index (κ1) is 16.3. The number of sulfonamides is 1. The molecule has 0 saturated carbocycles. The first-order valence-electron chi connectivity index (χ1n) is 7.49. The topological polar surface area (TPSA) is 60.2 Å². The molecule has 3 nitrogen and oxygen atoms in total. The van der Waals surface area contributed by atoms with Gasteiger partial charge in [-0.25, -0.2) is 13.6 Å². The molecule has 0 atom stereocenters. The summed E-state index contributed by atoms with van der Waals surface area (Å²) in [6, 6.07) is 15.5. The molecule has 0 aromatic heterocycles. The summed E-state index contributed by atoms with van der Waals surface area (Å²) in [7, 11) is -3.63. The van der Waals surface area contributed by atoms with Crippen molar-refractivity contribution in [1.29, 1.82) is 0 Å². The summed E-state index contributed by atoms with van der Waals surface area (Å²) >= 11 is 1.74. The molecule has 1 aliphatic rings. The summed E-state index contributed by atoms with van der Waals surface area (Å²) in [5, 5.41) is 5.16. The highest BCUT2D eigenvalue weighted by Gasteiger charge is 2.18. The van der Waals surface area contributed by atoms with Gasteiger partial charge in [-0.05, 0) is 72.1 Å². The molecule has 23 heavy (non-hydrogen) atoms. The van der Waals surface area contributed by atoms with Gasteiger partial charge in [-0.2, -0.15) is 0 Å². The van der Waals surface area contributed by atoms with Crippen LogP contribution in [-0.4, -0.2) is 14.7 Å². The molecule has 0 aliphatic heterocycles. The van der Waals surface area contributed by atoms with Gasteiger partial charge in [0.25, 0.3) is 0 Å². The average molecular weight is 345 g/mol. The molecule has 2 aromatic carbocycles. The second-order valence-electron chi connectivity index (χ2n) is 5.61. The Morgan fingerprint density at radius 3 is 1.78 bits per heavy atom. The van der Waals surface area contributed by atoms with Gasteiger partial charge in [0, 0.05) is 4.90 Å². The number of rotatable bonds is 4. The van der Waals surface area contributed by atoms with E-state index in [2.05, 4.69) is 30.5 Å². The lowest BCUT2D eigenvalue weighted by molar-refractivity contribution is 0.598. The maximum atomic E-state index is 11.4. The van der Waals surface area contributed by atoms with Crippen LogP contribution in [0.1, 0.15) is 30.4 Å². The SMILES string of the molecule is CSc1ccc(C2=C(c3ccc(S(N)(=O)=O)cc3)CCC2)cc1. The minimum Gasteiger partial charge on any atom is -0.225 e. The lowest BCUT2D eigenvalue weighted by Crippen LogP contribution is -2.11. The van der Waals surface area contributed by atoms with E-state index >= 15 is 0 Å². The lowest BCUT2D eigenvalue weighted by atomic mass is 9.97. The van der Waals surface area contributed by atoms with E-state index < -0.39 is 10.0 Å². The van der Waals surface area contributed by atoms with Crippen molar-refractivity contribution in [3.05, 3.63) is 59.7 Å². The van der Waals surface area contributed by atoms with Crippen LogP contribution in [0, 0.1) is 0 Å². The Kier molecular flexibility index (Phi) is 4.62. The monoisotopic (exact) mass is 345 g/mol. The fraction of sp³-hybridized carbons (Fsp3) is 0.222. The zero-order valence-corrected chi connectivity index (χ0v) is 14.6. The zero-order chi connectivity index (χ0) is 16.4. The minimum absolute atomic E-state index is 0.158. The van der Waals surface area contributed by atoms with E-state index in [9.17, 15) is 8.42 Å².